The zero-order chi connectivity index (χ0) is 13.1. The van der Waals surface area contributed by atoms with Crippen molar-refractivity contribution in [2.75, 3.05) is 11.6 Å². The van der Waals surface area contributed by atoms with Gasteiger partial charge < -0.3 is 5.32 Å². The van der Waals surface area contributed by atoms with Crippen molar-refractivity contribution < 1.29 is 8.78 Å². The summed E-state index contributed by atoms with van der Waals surface area (Å²) in [4.78, 5) is 8.03. The smallest absolute Gasteiger partial charge is 0.190 e. The van der Waals surface area contributed by atoms with Crippen LogP contribution in [0.3, 0.4) is 0 Å². The molecule has 7 heteroatoms. The summed E-state index contributed by atoms with van der Waals surface area (Å²) in [6, 6.07) is 5.29. The highest BCUT2D eigenvalue weighted by Crippen LogP contribution is 2.23. The molecule has 0 spiro atoms. The number of halogens is 3. The molecule has 2 aromatic rings. The molecule has 0 fully saturated rings. The summed E-state index contributed by atoms with van der Waals surface area (Å²) in [6.07, 6.45) is 1.79. The van der Waals surface area contributed by atoms with Gasteiger partial charge in [-0.3, -0.25) is 0 Å². The summed E-state index contributed by atoms with van der Waals surface area (Å²) in [5.74, 6) is -1.58. The quantitative estimate of drug-likeness (QED) is 0.528. The summed E-state index contributed by atoms with van der Waals surface area (Å²) < 4.78 is 26.5. The molecule has 1 aromatic heterocycles. The van der Waals surface area contributed by atoms with E-state index in [-0.39, 0.29) is 10.8 Å². The van der Waals surface area contributed by atoms with Gasteiger partial charge in [0.1, 0.15) is 11.0 Å². The first-order valence-electron chi connectivity index (χ1n) is 4.90. The van der Waals surface area contributed by atoms with Gasteiger partial charge in [-0.05, 0) is 18.4 Å². The number of aromatic nitrogens is 2. The third kappa shape index (κ3) is 2.88. The molecule has 0 aliphatic rings. The van der Waals surface area contributed by atoms with Gasteiger partial charge >= 0.3 is 0 Å². The van der Waals surface area contributed by atoms with Gasteiger partial charge in [-0.2, -0.15) is 0 Å². The molecule has 94 valence electrons. The van der Waals surface area contributed by atoms with Crippen molar-refractivity contribution in [3.63, 3.8) is 0 Å². The lowest BCUT2D eigenvalue weighted by atomic mass is 10.3. The molecular weight excluding hydrogens is 280 g/mol. The van der Waals surface area contributed by atoms with Crippen LogP contribution < -0.4 is 5.32 Å². The minimum Gasteiger partial charge on any atom is -0.338 e. The van der Waals surface area contributed by atoms with Crippen molar-refractivity contribution in [3.8, 4) is 0 Å². The van der Waals surface area contributed by atoms with E-state index in [9.17, 15) is 8.78 Å². The average Bonchev–Trinajstić information content (AvgIpc) is 2.34. The Labute approximate surface area is 112 Å². The standard InChI is InChI=1S/C11H8ClF2N3S/c1-18-11-16-8(12)5-9(17-11)15-7-4-2-3-6(13)10(7)14/h2-5H,1H3,(H,15,16,17). The van der Waals surface area contributed by atoms with Crippen molar-refractivity contribution in [2.24, 2.45) is 0 Å². The van der Waals surface area contributed by atoms with Crippen LogP contribution in [-0.2, 0) is 0 Å². The zero-order valence-electron chi connectivity index (χ0n) is 9.25. The van der Waals surface area contributed by atoms with Crippen LogP contribution in [-0.4, -0.2) is 16.2 Å². The Kier molecular flexibility index (Phi) is 3.98. The third-order valence-electron chi connectivity index (χ3n) is 2.07. The normalized spacial score (nSPS) is 10.4. The van der Waals surface area contributed by atoms with Crippen molar-refractivity contribution in [3.05, 3.63) is 41.1 Å². The van der Waals surface area contributed by atoms with E-state index < -0.39 is 11.6 Å². The largest absolute Gasteiger partial charge is 0.338 e. The summed E-state index contributed by atoms with van der Waals surface area (Å²) in [7, 11) is 0. The molecule has 0 saturated heterocycles. The van der Waals surface area contributed by atoms with Crippen molar-refractivity contribution in [1.82, 2.24) is 9.97 Å². The van der Waals surface area contributed by atoms with E-state index in [1.54, 1.807) is 6.26 Å². The molecule has 0 radical (unpaired) electrons. The Morgan fingerprint density at radius 1 is 1.28 bits per heavy atom. The van der Waals surface area contributed by atoms with Crippen LogP contribution in [0.15, 0.2) is 29.4 Å². The fraction of sp³-hybridized carbons (Fsp3) is 0.0909. The molecule has 1 aromatic carbocycles. The minimum atomic E-state index is -0.960. The van der Waals surface area contributed by atoms with E-state index in [0.717, 1.165) is 6.07 Å². The minimum absolute atomic E-state index is 0.00294. The fourth-order valence-electron chi connectivity index (χ4n) is 1.29. The first kappa shape index (κ1) is 13.0. The number of thioether (sulfide) groups is 1. The number of nitrogens with one attached hydrogen (secondary N) is 1. The molecule has 0 bridgehead atoms. The fourth-order valence-corrected chi connectivity index (χ4v) is 1.90. The van der Waals surface area contributed by atoms with Crippen LogP contribution in [0, 0.1) is 11.6 Å². The second kappa shape index (κ2) is 5.49. The van der Waals surface area contributed by atoms with Crippen LogP contribution in [0.25, 0.3) is 0 Å². The Morgan fingerprint density at radius 2 is 2.06 bits per heavy atom. The van der Waals surface area contributed by atoms with Gasteiger partial charge in [0.15, 0.2) is 16.8 Å². The number of hydrogen-bond donors (Lipinski definition) is 1. The van der Waals surface area contributed by atoms with Crippen LogP contribution in [0.4, 0.5) is 20.3 Å². The van der Waals surface area contributed by atoms with Crippen molar-refractivity contribution in [2.45, 2.75) is 5.16 Å². The zero-order valence-corrected chi connectivity index (χ0v) is 10.8. The predicted molar refractivity (Wildman–Crippen MR) is 68.5 cm³/mol. The van der Waals surface area contributed by atoms with Gasteiger partial charge in [-0.25, -0.2) is 18.7 Å². The van der Waals surface area contributed by atoms with E-state index >= 15 is 0 Å². The number of hydrogen-bond acceptors (Lipinski definition) is 4. The molecule has 1 N–H and O–H groups in total. The molecule has 0 aliphatic carbocycles. The Morgan fingerprint density at radius 3 is 2.78 bits per heavy atom. The van der Waals surface area contributed by atoms with Gasteiger partial charge in [0.25, 0.3) is 0 Å². The number of rotatable bonds is 3. The molecule has 0 aliphatic heterocycles. The maximum Gasteiger partial charge on any atom is 0.190 e. The molecule has 2 rings (SSSR count). The first-order valence-corrected chi connectivity index (χ1v) is 6.50. The monoisotopic (exact) mass is 287 g/mol. The molecule has 0 atom stereocenters. The predicted octanol–water partition coefficient (Wildman–Crippen LogP) is 3.87. The van der Waals surface area contributed by atoms with E-state index in [1.165, 1.54) is 30.0 Å². The molecular formula is C11H8ClF2N3S. The maximum absolute atomic E-state index is 13.5. The van der Waals surface area contributed by atoms with E-state index in [2.05, 4.69) is 15.3 Å². The lowest BCUT2D eigenvalue weighted by molar-refractivity contribution is 0.511. The van der Waals surface area contributed by atoms with Crippen LogP contribution in [0.1, 0.15) is 0 Å². The highest BCUT2D eigenvalue weighted by atomic mass is 35.5. The molecule has 0 saturated carbocycles. The van der Waals surface area contributed by atoms with Crippen LogP contribution in [0.5, 0.6) is 0 Å². The summed E-state index contributed by atoms with van der Waals surface area (Å²) >= 11 is 7.09. The second-order valence-electron chi connectivity index (χ2n) is 3.29. The summed E-state index contributed by atoms with van der Waals surface area (Å²) in [6.45, 7) is 0. The first-order chi connectivity index (χ1) is 8.60. The van der Waals surface area contributed by atoms with Gasteiger partial charge in [-0.1, -0.05) is 29.4 Å². The van der Waals surface area contributed by atoms with Gasteiger partial charge in [0.2, 0.25) is 0 Å². The summed E-state index contributed by atoms with van der Waals surface area (Å²) in [5, 5.41) is 3.34. The van der Waals surface area contributed by atoms with E-state index in [4.69, 9.17) is 11.6 Å². The molecule has 0 unspecified atom stereocenters. The van der Waals surface area contributed by atoms with Gasteiger partial charge in [0, 0.05) is 6.07 Å². The van der Waals surface area contributed by atoms with Crippen molar-refractivity contribution in [1.29, 1.82) is 0 Å². The second-order valence-corrected chi connectivity index (χ2v) is 4.45. The van der Waals surface area contributed by atoms with Crippen LogP contribution in [0.2, 0.25) is 5.15 Å². The Hall–Kier alpha value is -1.40. The van der Waals surface area contributed by atoms with E-state index in [1.807, 2.05) is 0 Å². The number of nitrogens with zero attached hydrogens (tertiary/aromatic N) is 2. The number of anilines is 2. The van der Waals surface area contributed by atoms with Crippen molar-refractivity contribution >= 4 is 34.9 Å². The lowest BCUT2D eigenvalue weighted by Gasteiger charge is -2.08. The highest BCUT2D eigenvalue weighted by Gasteiger charge is 2.09. The van der Waals surface area contributed by atoms with Gasteiger partial charge in [0.05, 0.1) is 5.69 Å². The van der Waals surface area contributed by atoms with Crippen LogP contribution >= 0.6 is 23.4 Å². The lowest BCUT2D eigenvalue weighted by Crippen LogP contribution is -2.00. The number of benzene rings is 1. The maximum atomic E-state index is 13.5. The third-order valence-corrected chi connectivity index (χ3v) is 2.81. The summed E-state index contributed by atoms with van der Waals surface area (Å²) in [5.41, 5.74) is -0.00294. The SMILES string of the molecule is CSc1nc(Cl)cc(Nc2cccc(F)c2F)n1. The average molecular weight is 288 g/mol. The Bertz CT molecular complexity index is 580. The van der Waals surface area contributed by atoms with E-state index in [0.29, 0.717) is 11.0 Å². The molecule has 18 heavy (non-hydrogen) atoms. The molecule has 3 nitrogen and oxygen atoms in total. The van der Waals surface area contributed by atoms with Gasteiger partial charge in [-0.15, -0.1) is 0 Å². The molecule has 0 amide bonds. The highest BCUT2D eigenvalue weighted by molar-refractivity contribution is 7.98. The topological polar surface area (TPSA) is 37.8 Å². The Balaban J connectivity index is 2.34. The molecule has 1 heterocycles.